The van der Waals surface area contributed by atoms with Crippen LogP contribution in [0.25, 0.3) is 0 Å². The van der Waals surface area contributed by atoms with Crippen LogP contribution in [0.4, 0.5) is 0 Å². The Bertz CT molecular complexity index is 36.8. The molecule has 0 unspecified atom stereocenters. The van der Waals surface area contributed by atoms with Gasteiger partial charge in [-0.3, -0.25) is 0 Å². The van der Waals surface area contributed by atoms with Crippen LogP contribution in [0, 0.1) is 0 Å². The van der Waals surface area contributed by atoms with Gasteiger partial charge in [0.25, 0.3) is 0 Å². The molecule has 0 aromatic heterocycles. The van der Waals surface area contributed by atoms with E-state index in [9.17, 15) is 0 Å². The minimum atomic E-state index is 0.584. The van der Waals surface area contributed by atoms with Crippen LogP contribution in [0.1, 0.15) is 0 Å². The van der Waals surface area contributed by atoms with Crippen molar-refractivity contribution in [2.45, 2.75) is 0 Å². The van der Waals surface area contributed by atoms with Crippen LogP contribution in [-0.2, 0) is 0 Å². The SMILES string of the molecule is CNC=CCCl. The van der Waals surface area contributed by atoms with Gasteiger partial charge in [0.2, 0.25) is 0 Å². The van der Waals surface area contributed by atoms with Gasteiger partial charge < -0.3 is 5.32 Å². The van der Waals surface area contributed by atoms with Gasteiger partial charge in [-0.1, -0.05) is 6.08 Å². The van der Waals surface area contributed by atoms with Crippen LogP contribution >= 0.6 is 11.6 Å². The van der Waals surface area contributed by atoms with Crippen LogP contribution < -0.4 is 5.32 Å². The summed E-state index contributed by atoms with van der Waals surface area (Å²) in [6.45, 7) is 0. The molecular formula is C4H8ClN. The van der Waals surface area contributed by atoms with Crippen LogP contribution in [0.15, 0.2) is 12.3 Å². The molecule has 0 saturated carbocycles. The summed E-state index contributed by atoms with van der Waals surface area (Å²) in [6, 6.07) is 0. The smallest absolute Gasteiger partial charge is 0.0420 e. The molecule has 2 heteroatoms. The predicted octanol–water partition coefficient (Wildman–Crippen LogP) is 0.958. The molecule has 0 aliphatic rings. The van der Waals surface area contributed by atoms with E-state index in [1.54, 1.807) is 6.20 Å². The van der Waals surface area contributed by atoms with Gasteiger partial charge in [-0.05, 0) is 6.20 Å². The van der Waals surface area contributed by atoms with Crippen molar-refractivity contribution in [3.8, 4) is 0 Å². The average Bonchev–Trinajstić information content (AvgIpc) is 1.61. The summed E-state index contributed by atoms with van der Waals surface area (Å²) in [6.07, 6.45) is 3.63. The molecule has 6 heavy (non-hydrogen) atoms. The van der Waals surface area contributed by atoms with Crippen LogP contribution in [0.3, 0.4) is 0 Å². The topological polar surface area (TPSA) is 12.0 Å². The third-order valence-corrected chi connectivity index (χ3v) is 0.552. The van der Waals surface area contributed by atoms with Gasteiger partial charge in [-0.2, -0.15) is 0 Å². The number of rotatable bonds is 2. The first-order valence-electron chi connectivity index (χ1n) is 1.80. The molecule has 0 fully saturated rings. The summed E-state index contributed by atoms with van der Waals surface area (Å²) >= 11 is 5.25. The Morgan fingerprint density at radius 2 is 2.50 bits per heavy atom. The first kappa shape index (κ1) is 5.83. The number of nitrogens with one attached hydrogen (secondary N) is 1. The highest BCUT2D eigenvalue weighted by Gasteiger charge is 1.59. The zero-order valence-corrected chi connectivity index (χ0v) is 4.50. The van der Waals surface area contributed by atoms with Crippen molar-refractivity contribution >= 4 is 11.6 Å². The summed E-state index contributed by atoms with van der Waals surface area (Å²) < 4.78 is 0. The fraction of sp³-hybridized carbons (Fsp3) is 0.500. The van der Waals surface area contributed by atoms with Crippen molar-refractivity contribution in [2.75, 3.05) is 12.9 Å². The van der Waals surface area contributed by atoms with Crippen molar-refractivity contribution in [3.05, 3.63) is 12.3 Å². The quantitative estimate of drug-likeness (QED) is 0.516. The number of hydrogen-bond acceptors (Lipinski definition) is 1. The predicted molar refractivity (Wildman–Crippen MR) is 28.9 cm³/mol. The van der Waals surface area contributed by atoms with E-state index in [1.807, 2.05) is 13.1 Å². The van der Waals surface area contributed by atoms with Crippen molar-refractivity contribution in [1.82, 2.24) is 5.32 Å². The van der Waals surface area contributed by atoms with E-state index < -0.39 is 0 Å². The fourth-order valence-corrected chi connectivity index (χ4v) is 0.251. The molecule has 0 amide bonds. The molecule has 0 spiro atoms. The maximum absolute atomic E-state index is 5.25. The van der Waals surface area contributed by atoms with Crippen molar-refractivity contribution < 1.29 is 0 Å². The first-order chi connectivity index (χ1) is 2.91. The Kier molecular flexibility index (Phi) is 4.69. The normalized spacial score (nSPS) is 9.67. The van der Waals surface area contributed by atoms with E-state index in [-0.39, 0.29) is 0 Å². The van der Waals surface area contributed by atoms with Crippen LogP contribution in [0.2, 0.25) is 0 Å². The van der Waals surface area contributed by atoms with E-state index in [2.05, 4.69) is 5.32 Å². The lowest BCUT2D eigenvalue weighted by Crippen LogP contribution is -1.90. The maximum Gasteiger partial charge on any atom is 0.0420 e. The summed E-state index contributed by atoms with van der Waals surface area (Å²) in [5.74, 6) is 0.584. The zero-order valence-electron chi connectivity index (χ0n) is 3.74. The molecule has 0 aromatic carbocycles. The minimum absolute atomic E-state index is 0.584. The number of allylic oxidation sites excluding steroid dienone is 1. The monoisotopic (exact) mass is 105 g/mol. The molecule has 0 atom stereocenters. The molecule has 0 radical (unpaired) electrons. The molecule has 0 heterocycles. The fourth-order valence-electron chi connectivity index (χ4n) is 0.162. The van der Waals surface area contributed by atoms with Gasteiger partial charge in [0, 0.05) is 12.9 Å². The largest absolute Gasteiger partial charge is 0.394 e. The lowest BCUT2D eigenvalue weighted by atomic mass is 10.7. The summed E-state index contributed by atoms with van der Waals surface area (Å²) in [5, 5.41) is 2.80. The lowest BCUT2D eigenvalue weighted by molar-refractivity contribution is 1.10. The van der Waals surface area contributed by atoms with E-state index >= 15 is 0 Å². The second kappa shape index (κ2) is 4.83. The van der Waals surface area contributed by atoms with Gasteiger partial charge >= 0.3 is 0 Å². The second-order valence-electron chi connectivity index (χ2n) is 0.845. The molecule has 0 saturated heterocycles. The van der Waals surface area contributed by atoms with Gasteiger partial charge in [0.05, 0.1) is 0 Å². The summed E-state index contributed by atoms with van der Waals surface area (Å²) in [5.41, 5.74) is 0. The summed E-state index contributed by atoms with van der Waals surface area (Å²) in [7, 11) is 1.84. The van der Waals surface area contributed by atoms with Crippen molar-refractivity contribution in [2.24, 2.45) is 0 Å². The van der Waals surface area contributed by atoms with E-state index in [0.29, 0.717) is 5.88 Å². The molecule has 0 aromatic rings. The molecule has 0 aliphatic heterocycles. The van der Waals surface area contributed by atoms with E-state index in [0.717, 1.165) is 0 Å². The molecular weight excluding hydrogens is 97.5 g/mol. The number of halogens is 1. The van der Waals surface area contributed by atoms with Gasteiger partial charge in [0.1, 0.15) is 0 Å². The van der Waals surface area contributed by atoms with E-state index in [1.165, 1.54) is 0 Å². The molecule has 0 rings (SSSR count). The van der Waals surface area contributed by atoms with Crippen LogP contribution in [0.5, 0.6) is 0 Å². The highest BCUT2D eigenvalue weighted by Crippen LogP contribution is 1.71. The third-order valence-electron chi connectivity index (χ3n) is 0.374. The highest BCUT2D eigenvalue weighted by atomic mass is 35.5. The lowest BCUT2D eigenvalue weighted by Gasteiger charge is -1.78. The molecule has 0 aliphatic carbocycles. The molecule has 1 N–H and O–H groups in total. The first-order valence-corrected chi connectivity index (χ1v) is 2.33. The Hall–Kier alpha value is -0.170. The Labute approximate surface area is 43.0 Å². The van der Waals surface area contributed by atoms with Crippen LogP contribution in [-0.4, -0.2) is 12.9 Å². The Balaban J connectivity index is 2.73. The van der Waals surface area contributed by atoms with E-state index in [4.69, 9.17) is 11.6 Å². The maximum atomic E-state index is 5.25. The van der Waals surface area contributed by atoms with Crippen molar-refractivity contribution in [3.63, 3.8) is 0 Å². The van der Waals surface area contributed by atoms with Gasteiger partial charge in [-0.25, -0.2) is 0 Å². The van der Waals surface area contributed by atoms with Gasteiger partial charge in [-0.15, -0.1) is 11.6 Å². The van der Waals surface area contributed by atoms with Crippen molar-refractivity contribution in [1.29, 1.82) is 0 Å². The standard InChI is InChI=1S/C4H8ClN/c1-6-4-2-3-5/h2,4,6H,3H2,1H3. The third kappa shape index (κ3) is 3.83. The molecule has 1 nitrogen and oxygen atoms in total. The summed E-state index contributed by atoms with van der Waals surface area (Å²) in [4.78, 5) is 0. The Morgan fingerprint density at radius 3 is 2.67 bits per heavy atom. The average molecular weight is 106 g/mol. The highest BCUT2D eigenvalue weighted by molar-refractivity contribution is 6.18. The molecule has 36 valence electrons. The zero-order chi connectivity index (χ0) is 4.83. The van der Waals surface area contributed by atoms with Gasteiger partial charge in [0.15, 0.2) is 0 Å². The minimum Gasteiger partial charge on any atom is -0.394 e. The second-order valence-corrected chi connectivity index (χ2v) is 1.15. The molecule has 0 bridgehead atoms. The number of alkyl halides is 1. The Morgan fingerprint density at radius 1 is 1.83 bits per heavy atom. The number of hydrogen-bond donors (Lipinski definition) is 1.